The standard InChI is InChI=1S/C23H28Cl2N6O.C2HF3O2/c24-20-5-4-6-21(22(20)25)29-15-13-28(14-16-29)10-2-1-3-11-30(23(26)32)18-8-12-31-19(17-18)7-9-27-31;3-2(4,5)1(6)7/h4-9,12,17H,1-3,10-11,13-16H2,(H2,26,32);(H,6,7). The van der Waals surface area contributed by atoms with Gasteiger partial charge in [0.1, 0.15) is 0 Å². The van der Waals surface area contributed by atoms with Gasteiger partial charge in [-0.15, -0.1) is 0 Å². The number of urea groups is 1. The van der Waals surface area contributed by atoms with E-state index in [1.165, 1.54) is 0 Å². The number of piperazine rings is 1. The number of benzene rings is 1. The van der Waals surface area contributed by atoms with Crippen LogP contribution < -0.4 is 15.5 Å². The zero-order chi connectivity index (χ0) is 28.6. The van der Waals surface area contributed by atoms with E-state index < -0.39 is 18.2 Å². The smallest absolute Gasteiger partial charge is 0.475 e. The number of rotatable bonds is 8. The van der Waals surface area contributed by atoms with Gasteiger partial charge >= 0.3 is 18.2 Å². The number of amides is 2. The van der Waals surface area contributed by atoms with Crippen molar-refractivity contribution >= 4 is 52.1 Å². The molecule has 1 aromatic carbocycles. The molecule has 2 aromatic heterocycles. The lowest BCUT2D eigenvalue weighted by Crippen LogP contribution is -2.46. The second-order valence-electron chi connectivity index (χ2n) is 8.84. The molecule has 4 rings (SSSR count). The van der Waals surface area contributed by atoms with E-state index in [1.807, 2.05) is 42.6 Å². The maximum Gasteiger partial charge on any atom is 0.490 e. The van der Waals surface area contributed by atoms with E-state index in [-0.39, 0.29) is 0 Å². The molecule has 0 spiro atoms. The Morgan fingerprint density at radius 3 is 2.38 bits per heavy atom. The Kier molecular flexibility index (Phi) is 10.7. The Morgan fingerprint density at radius 1 is 1.05 bits per heavy atom. The van der Waals surface area contributed by atoms with Gasteiger partial charge in [-0.1, -0.05) is 35.7 Å². The van der Waals surface area contributed by atoms with Crippen molar-refractivity contribution in [2.24, 2.45) is 5.73 Å². The van der Waals surface area contributed by atoms with E-state index in [1.54, 1.807) is 15.6 Å². The molecule has 14 heteroatoms. The average Bonchev–Trinajstić information content (AvgIpc) is 3.36. The van der Waals surface area contributed by atoms with E-state index >= 15 is 0 Å². The summed E-state index contributed by atoms with van der Waals surface area (Å²) in [6.07, 6.45) is 1.53. The molecule has 1 aliphatic rings. The molecule has 0 saturated carbocycles. The number of aliphatic carboxylic acids is 1. The molecule has 3 N–H and O–H groups in total. The summed E-state index contributed by atoms with van der Waals surface area (Å²) in [4.78, 5) is 27.3. The Bertz CT molecular complexity index is 1270. The van der Waals surface area contributed by atoms with Crippen LogP contribution in [0.1, 0.15) is 19.3 Å². The van der Waals surface area contributed by atoms with Gasteiger partial charge in [0.05, 0.1) is 21.2 Å². The van der Waals surface area contributed by atoms with Crippen molar-refractivity contribution in [1.82, 2.24) is 14.5 Å². The number of primary amides is 1. The summed E-state index contributed by atoms with van der Waals surface area (Å²) in [5.41, 5.74) is 8.39. The van der Waals surface area contributed by atoms with Gasteiger partial charge in [-0.25, -0.2) is 14.1 Å². The summed E-state index contributed by atoms with van der Waals surface area (Å²) in [5.74, 6) is -2.76. The Morgan fingerprint density at radius 2 is 1.74 bits per heavy atom. The predicted octanol–water partition coefficient (Wildman–Crippen LogP) is 5.15. The highest BCUT2D eigenvalue weighted by atomic mass is 35.5. The lowest BCUT2D eigenvalue weighted by Gasteiger charge is -2.36. The van der Waals surface area contributed by atoms with Crippen LogP contribution in [0.3, 0.4) is 0 Å². The van der Waals surface area contributed by atoms with Crippen LogP contribution in [0.15, 0.2) is 48.8 Å². The molecule has 0 atom stereocenters. The third kappa shape index (κ3) is 8.64. The lowest BCUT2D eigenvalue weighted by molar-refractivity contribution is -0.192. The molecule has 1 aliphatic heterocycles. The fourth-order valence-electron chi connectivity index (χ4n) is 4.18. The number of carbonyl (C=O) groups excluding carboxylic acids is 1. The number of alkyl halides is 3. The molecule has 0 aliphatic carbocycles. The molecule has 39 heavy (non-hydrogen) atoms. The summed E-state index contributed by atoms with van der Waals surface area (Å²) in [7, 11) is 0. The van der Waals surface area contributed by atoms with Gasteiger partial charge in [0.15, 0.2) is 0 Å². The van der Waals surface area contributed by atoms with Crippen LogP contribution in [0.4, 0.5) is 29.3 Å². The molecule has 212 valence electrons. The number of carbonyl (C=O) groups is 2. The van der Waals surface area contributed by atoms with Crippen LogP contribution >= 0.6 is 23.2 Å². The number of unbranched alkanes of at least 4 members (excludes halogenated alkanes) is 2. The molecular formula is C25H29Cl2F3N6O3. The second-order valence-corrected chi connectivity index (χ2v) is 9.63. The van der Waals surface area contributed by atoms with Gasteiger partial charge in [0.2, 0.25) is 0 Å². The van der Waals surface area contributed by atoms with Crippen LogP contribution in [-0.2, 0) is 4.79 Å². The molecule has 0 bridgehead atoms. The number of carboxylic acids is 1. The monoisotopic (exact) mass is 588 g/mol. The first-order valence-corrected chi connectivity index (χ1v) is 12.9. The van der Waals surface area contributed by atoms with Gasteiger partial charge < -0.3 is 15.7 Å². The van der Waals surface area contributed by atoms with Crippen molar-refractivity contribution in [2.75, 3.05) is 49.1 Å². The van der Waals surface area contributed by atoms with Gasteiger partial charge in [-0.3, -0.25) is 9.80 Å². The van der Waals surface area contributed by atoms with Gasteiger partial charge in [-0.2, -0.15) is 18.3 Å². The maximum absolute atomic E-state index is 12.0. The highest BCUT2D eigenvalue weighted by Crippen LogP contribution is 2.32. The summed E-state index contributed by atoms with van der Waals surface area (Å²) in [5, 5.41) is 12.5. The van der Waals surface area contributed by atoms with Crippen LogP contribution in [0, 0.1) is 0 Å². The van der Waals surface area contributed by atoms with Gasteiger partial charge in [-0.05, 0) is 49.7 Å². The third-order valence-electron chi connectivity index (χ3n) is 6.20. The summed E-state index contributed by atoms with van der Waals surface area (Å²) in [6, 6.07) is 11.1. The van der Waals surface area contributed by atoms with Crippen LogP contribution in [-0.4, -0.2) is 77.1 Å². The van der Waals surface area contributed by atoms with E-state index in [4.69, 9.17) is 38.8 Å². The van der Waals surface area contributed by atoms with Crippen LogP contribution in [0.2, 0.25) is 10.0 Å². The average molecular weight is 589 g/mol. The van der Waals surface area contributed by atoms with E-state index in [9.17, 15) is 18.0 Å². The van der Waals surface area contributed by atoms with E-state index in [2.05, 4.69) is 14.9 Å². The SMILES string of the molecule is NC(=O)N(CCCCCN1CCN(c2cccc(Cl)c2Cl)CC1)c1ccn2nccc2c1.O=C(O)C(F)(F)F. The predicted molar refractivity (Wildman–Crippen MR) is 145 cm³/mol. The molecule has 3 heterocycles. The minimum Gasteiger partial charge on any atom is -0.475 e. The first-order valence-electron chi connectivity index (χ1n) is 12.2. The molecule has 2 amide bonds. The zero-order valence-electron chi connectivity index (χ0n) is 20.9. The molecule has 9 nitrogen and oxygen atoms in total. The highest BCUT2D eigenvalue weighted by molar-refractivity contribution is 6.43. The topological polar surface area (TPSA) is 107 Å². The summed E-state index contributed by atoms with van der Waals surface area (Å²) in [6.45, 7) is 5.54. The fraction of sp³-hybridized carbons (Fsp3) is 0.400. The number of fused-ring (bicyclic) bond motifs is 1. The molecule has 1 saturated heterocycles. The molecule has 0 unspecified atom stereocenters. The Labute approximate surface area is 233 Å². The molecule has 3 aromatic rings. The zero-order valence-corrected chi connectivity index (χ0v) is 22.5. The van der Waals surface area contributed by atoms with E-state index in [0.717, 1.165) is 68.9 Å². The first kappa shape index (κ1) is 30.3. The first-order chi connectivity index (χ1) is 18.5. The fourth-order valence-corrected chi connectivity index (χ4v) is 4.59. The highest BCUT2D eigenvalue weighted by Gasteiger charge is 2.38. The van der Waals surface area contributed by atoms with Crippen molar-refractivity contribution in [3.63, 3.8) is 0 Å². The summed E-state index contributed by atoms with van der Waals surface area (Å²) < 4.78 is 33.5. The summed E-state index contributed by atoms with van der Waals surface area (Å²) >= 11 is 12.5. The minimum absolute atomic E-state index is 0.426. The number of pyridine rings is 1. The van der Waals surface area contributed by atoms with Crippen LogP contribution in [0.25, 0.3) is 5.52 Å². The number of hydrogen-bond acceptors (Lipinski definition) is 5. The van der Waals surface area contributed by atoms with Crippen molar-refractivity contribution in [3.05, 3.63) is 58.8 Å². The molecule has 0 radical (unpaired) electrons. The Hall–Kier alpha value is -3.22. The number of hydrogen-bond donors (Lipinski definition) is 2. The van der Waals surface area contributed by atoms with Crippen molar-refractivity contribution in [1.29, 1.82) is 0 Å². The quantitative estimate of drug-likeness (QED) is 0.352. The minimum atomic E-state index is -5.08. The number of aromatic nitrogens is 2. The number of nitrogens with two attached hydrogens (primary N) is 1. The third-order valence-corrected chi connectivity index (χ3v) is 7.01. The number of halogens is 5. The van der Waals surface area contributed by atoms with Gasteiger partial charge in [0.25, 0.3) is 0 Å². The second kappa shape index (κ2) is 13.7. The molecular weight excluding hydrogens is 560 g/mol. The van der Waals surface area contributed by atoms with Crippen LogP contribution in [0.5, 0.6) is 0 Å². The normalized spacial score (nSPS) is 14.1. The maximum atomic E-state index is 12.0. The number of carboxylic acid groups (broad SMARTS) is 1. The van der Waals surface area contributed by atoms with Crippen molar-refractivity contribution in [2.45, 2.75) is 25.4 Å². The lowest BCUT2D eigenvalue weighted by atomic mass is 10.2. The molecule has 1 fully saturated rings. The number of anilines is 2. The largest absolute Gasteiger partial charge is 0.490 e. The van der Waals surface area contributed by atoms with Gasteiger partial charge in [0, 0.05) is 50.8 Å². The Balaban J connectivity index is 0.000000532. The van der Waals surface area contributed by atoms with Crippen molar-refractivity contribution < 1.29 is 27.9 Å². The van der Waals surface area contributed by atoms with Crippen molar-refractivity contribution in [3.8, 4) is 0 Å². The number of nitrogens with zero attached hydrogens (tertiary/aromatic N) is 5. The van der Waals surface area contributed by atoms with E-state index in [0.29, 0.717) is 16.6 Å².